The van der Waals surface area contributed by atoms with Gasteiger partial charge in [-0.3, -0.25) is 0 Å². The molecule has 0 saturated carbocycles. The molecule has 1 N–H and O–H groups in total. The maximum atomic E-state index is 13.0. The Balaban J connectivity index is 1.65. The fourth-order valence-electron chi connectivity index (χ4n) is 3.16. The molecule has 0 amide bonds. The van der Waals surface area contributed by atoms with Crippen LogP contribution in [0.3, 0.4) is 0 Å². The van der Waals surface area contributed by atoms with Crippen LogP contribution in [0.1, 0.15) is 11.1 Å². The van der Waals surface area contributed by atoms with Crippen molar-refractivity contribution in [3.63, 3.8) is 0 Å². The van der Waals surface area contributed by atoms with Crippen LogP contribution in [0.5, 0.6) is 5.75 Å². The number of aryl methyl sites for hydroxylation is 2. The summed E-state index contributed by atoms with van der Waals surface area (Å²) < 4.78 is 32.9. The second kappa shape index (κ2) is 8.46. The normalized spacial score (nSPS) is 15.3. The van der Waals surface area contributed by atoms with Crippen molar-refractivity contribution in [1.29, 1.82) is 0 Å². The molecular weight excluding hydrogens is 394 g/mol. The molecule has 6 nitrogen and oxygen atoms in total. The van der Waals surface area contributed by atoms with Crippen molar-refractivity contribution in [2.24, 2.45) is 0 Å². The van der Waals surface area contributed by atoms with Crippen LogP contribution in [0.4, 0.5) is 5.69 Å². The molecule has 0 aromatic heterocycles. The summed E-state index contributed by atoms with van der Waals surface area (Å²) >= 11 is 5.50. The lowest BCUT2D eigenvalue weighted by atomic mass is 10.2. The summed E-state index contributed by atoms with van der Waals surface area (Å²) in [5.41, 5.74) is 2.55. The van der Waals surface area contributed by atoms with Crippen molar-refractivity contribution in [2.45, 2.75) is 18.7 Å². The number of rotatable bonds is 4. The number of ether oxygens (including phenoxy) is 1. The highest BCUT2D eigenvalue weighted by molar-refractivity contribution is 7.89. The topological polar surface area (TPSA) is 61.9 Å². The van der Waals surface area contributed by atoms with Gasteiger partial charge < -0.3 is 15.0 Å². The molecule has 0 aliphatic carbocycles. The van der Waals surface area contributed by atoms with E-state index in [1.54, 1.807) is 17.5 Å². The minimum Gasteiger partial charge on any atom is -0.497 e. The van der Waals surface area contributed by atoms with Crippen LogP contribution >= 0.6 is 12.2 Å². The third kappa shape index (κ3) is 4.45. The number of benzene rings is 2. The van der Waals surface area contributed by atoms with Crippen LogP contribution in [0.15, 0.2) is 47.4 Å². The first-order valence-corrected chi connectivity index (χ1v) is 10.9. The largest absolute Gasteiger partial charge is 0.497 e. The summed E-state index contributed by atoms with van der Waals surface area (Å²) in [6.07, 6.45) is 0. The van der Waals surface area contributed by atoms with Crippen molar-refractivity contribution in [1.82, 2.24) is 9.21 Å². The predicted octanol–water partition coefficient (Wildman–Crippen LogP) is 3.02. The fourth-order valence-corrected chi connectivity index (χ4v) is 5.19. The number of thiocarbonyl (C=S) groups is 1. The first-order chi connectivity index (χ1) is 13.3. The van der Waals surface area contributed by atoms with E-state index in [1.165, 1.54) is 0 Å². The molecule has 1 saturated heterocycles. The van der Waals surface area contributed by atoms with Crippen molar-refractivity contribution in [3.8, 4) is 5.75 Å². The quantitative estimate of drug-likeness (QED) is 0.769. The average Bonchev–Trinajstić information content (AvgIpc) is 2.70. The van der Waals surface area contributed by atoms with E-state index in [-0.39, 0.29) is 0 Å². The number of piperazine rings is 1. The second-order valence-corrected chi connectivity index (χ2v) is 9.12. The minimum absolute atomic E-state index is 0.387. The predicted molar refractivity (Wildman–Crippen MR) is 115 cm³/mol. The van der Waals surface area contributed by atoms with Gasteiger partial charge in [-0.25, -0.2) is 8.42 Å². The third-order valence-electron chi connectivity index (χ3n) is 4.81. The zero-order valence-electron chi connectivity index (χ0n) is 16.3. The molecule has 2 aromatic carbocycles. The minimum atomic E-state index is -3.51. The highest BCUT2D eigenvalue weighted by Crippen LogP contribution is 2.23. The number of nitrogens with one attached hydrogen (secondary N) is 1. The van der Waals surface area contributed by atoms with E-state index in [0.717, 1.165) is 22.6 Å². The lowest BCUT2D eigenvalue weighted by Crippen LogP contribution is -2.51. The SMILES string of the molecule is COc1cccc(NC(=S)N2CCN(S(=O)(=O)c3cc(C)ccc3C)CC2)c1. The molecule has 0 atom stereocenters. The summed E-state index contributed by atoms with van der Waals surface area (Å²) in [6.45, 7) is 5.61. The van der Waals surface area contributed by atoms with Crippen molar-refractivity contribution >= 4 is 33.0 Å². The number of methoxy groups -OCH3 is 1. The molecule has 1 aliphatic rings. The van der Waals surface area contributed by atoms with Crippen LogP contribution in [0.25, 0.3) is 0 Å². The van der Waals surface area contributed by atoms with Gasteiger partial charge in [0.25, 0.3) is 0 Å². The van der Waals surface area contributed by atoms with Gasteiger partial charge in [0.2, 0.25) is 10.0 Å². The molecule has 0 spiro atoms. The Kier molecular flexibility index (Phi) is 6.22. The van der Waals surface area contributed by atoms with E-state index in [9.17, 15) is 8.42 Å². The monoisotopic (exact) mass is 419 g/mol. The Morgan fingerprint density at radius 1 is 1.07 bits per heavy atom. The van der Waals surface area contributed by atoms with Gasteiger partial charge in [-0.2, -0.15) is 4.31 Å². The maximum absolute atomic E-state index is 13.0. The highest BCUT2D eigenvalue weighted by Gasteiger charge is 2.30. The first kappa shape index (κ1) is 20.6. The Morgan fingerprint density at radius 3 is 2.46 bits per heavy atom. The summed E-state index contributed by atoms with van der Waals surface area (Å²) in [5.74, 6) is 0.747. The maximum Gasteiger partial charge on any atom is 0.243 e. The van der Waals surface area contributed by atoms with Crippen LogP contribution in [0, 0.1) is 13.8 Å². The molecule has 1 heterocycles. The molecule has 3 rings (SSSR count). The second-order valence-electron chi connectivity index (χ2n) is 6.82. The number of sulfonamides is 1. The van der Waals surface area contributed by atoms with Crippen molar-refractivity contribution in [2.75, 3.05) is 38.6 Å². The van der Waals surface area contributed by atoms with Gasteiger partial charge >= 0.3 is 0 Å². The molecule has 1 fully saturated rings. The molecule has 28 heavy (non-hydrogen) atoms. The van der Waals surface area contributed by atoms with Gasteiger partial charge in [0.05, 0.1) is 12.0 Å². The van der Waals surface area contributed by atoms with Crippen LogP contribution < -0.4 is 10.1 Å². The molecule has 0 unspecified atom stereocenters. The van der Waals surface area contributed by atoms with E-state index in [1.807, 2.05) is 55.1 Å². The van der Waals surface area contributed by atoms with E-state index in [0.29, 0.717) is 36.2 Å². The highest BCUT2D eigenvalue weighted by atomic mass is 32.2. The smallest absolute Gasteiger partial charge is 0.243 e. The van der Waals surface area contributed by atoms with E-state index in [4.69, 9.17) is 17.0 Å². The van der Waals surface area contributed by atoms with Gasteiger partial charge in [0.15, 0.2) is 5.11 Å². The van der Waals surface area contributed by atoms with Crippen molar-refractivity contribution in [3.05, 3.63) is 53.6 Å². The van der Waals surface area contributed by atoms with Crippen LogP contribution in [-0.2, 0) is 10.0 Å². The molecule has 150 valence electrons. The standard InChI is InChI=1S/C20H25N3O3S2/c1-15-7-8-16(2)19(13-15)28(24,25)23-11-9-22(10-12-23)20(27)21-17-5-4-6-18(14-17)26-3/h4-8,13-14H,9-12H2,1-3H3,(H,21,27). The average molecular weight is 420 g/mol. The Labute approximate surface area is 172 Å². The summed E-state index contributed by atoms with van der Waals surface area (Å²) in [7, 11) is -1.89. The third-order valence-corrected chi connectivity index (χ3v) is 7.21. The molecular formula is C20H25N3O3S2. The van der Waals surface area contributed by atoms with Gasteiger partial charge in [-0.05, 0) is 55.4 Å². The summed E-state index contributed by atoms with van der Waals surface area (Å²) in [6, 6.07) is 13.1. The van der Waals surface area contributed by atoms with Gasteiger partial charge in [-0.1, -0.05) is 18.2 Å². The molecule has 8 heteroatoms. The Morgan fingerprint density at radius 2 is 1.79 bits per heavy atom. The van der Waals surface area contributed by atoms with Crippen LogP contribution in [0.2, 0.25) is 0 Å². The van der Waals surface area contributed by atoms with Crippen LogP contribution in [-0.4, -0.2) is 56.0 Å². The van der Waals surface area contributed by atoms with E-state index < -0.39 is 10.0 Å². The first-order valence-electron chi connectivity index (χ1n) is 9.08. The number of hydrogen-bond acceptors (Lipinski definition) is 4. The van der Waals surface area contributed by atoms with Gasteiger partial charge in [0, 0.05) is 37.9 Å². The van der Waals surface area contributed by atoms with Gasteiger partial charge in [-0.15, -0.1) is 0 Å². The van der Waals surface area contributed by atoms with Gasteiger partial charge in [0.1, 0.15) is 5.75 Å². The molecule has 0 bridgehead atoms. The Bertz CT molecular complexity index is 968. The zero-order chi connectivity index (χ0) is 20.3. The molecule has 0 radical (unpaired) electrons. The number of nitrogens with zero attached hydrogens (tertiary/aromatic N) is 2. The number of anilines is 1. The summed E-state index contributed by atoms with van der Waals surface area (Å²) in [4.78, 5) is 2.38. The Hall–Kier alpha value is -2.16. The molecule has 2 aromatic rings. The van der Waals surface area contributed by atoms with E-state index >= 15 is 0 Å². The van der Waals surface area contributed by atoms with Crippen molar-refractivity contribution < 1.29 is 13.2 Å². The lowest BCUT2D eigenvalue weighted by Gasteiger charge is -2.35. The zero-order valence-corrected chi connectivity index (χ0v) is 17.9. The lowest BCUT2D eigenvalue weighted by molar-refractivity contribution is 0.268. The molecule has 1 aliphatic heterocycles. The summed E-state index contributed by atoms with van der Waals surface area (Å²) in [5, 5.41) is 3.78. The number of hydrogen-bond donors (Lipinski definition) is 1. The fraction of sp³-hybridized carbons (Fsp3) is 0.350. The van der Waals surface area contributed by atoms with E-state index in [2.05, 4.69) is 5.32 Å².